The molecule has 1 saturated heterocycles. The highest BCUT2D eigenvalue weighted by Gasteiger charge is 2.34. The second-order valence-electron chi connectivity index (χ2n) is 3.24. The van der Waals surface area contributed by atoms with Gasteiger partial charge in [-0.2, -0.15) is 0 Å². The molecule has 2 aliphatic carbocycles. The quantitative estimate of drug-likeness (QED) is 0.509. The Balaban J connectivity index is 2.05. The average molecular weight is 134 g/mol. The molecule has 0 aromatic carbocycles. The second kappa shape index (κ2) is 1.45. The molecule has 10 heavy (non-hydrogen) atoms. The summed E-state index contributed by atoms with van der Waals surface area (Å²) in [6.45, 7) is 1.12. The van der Waals surface area contributed by atoms with Crippen molar-refractivity contribution in [2.75, 3.05) is 6.54 Å². The Hall–Kier alpha value is -0.760. The summed E-state index contributed by atoms with van der Waals surface area (Å²) in [5, 5.41) is 0. The van der Waals surface area contributed by atoms with E-state index >= 15 is 0 Å². The van der Waals surface area contributed by atoms with Crippen molar-refractivity contribution in [1.29, 1.82) is 0 Å². The van der Waals surface area contributed by atoms with E-state index in [1.165, 1.54) is 24.1 Å². The topological polar surface area (TPSA) is 24.1 Å². The molecule has 2 nitrogen and oxygen atoms in total. The first-order chi connectivity index (χ1) is 4.95. The highest BCUT2D eigenvalue weighted by atomic mass is 15.4. The van der Waals surface area contributed by atoms with Crippen LogP contribution in [0.25, 0.3) is 0 Å². The van der Waals surface area contributed by atoms with E-state index in [9.17, 15) is 0 Å². The van der Waals surface area contributed by atoms with E-state index in [2.05, 4.69) is 16.9 Å². The van der Waals surface area contributed by atoms with Gasteiger partial charge < -0.3 is 5.43 Å². The van der Waals surface area contributed by atoms with Crippen LogP contribution in [0.1, 0.15) is 12.8 Å². The molecule has 1 fully saturated rings. The Labute approximate surface area is 60.0 Å². The summed E-state index contributed by atoms with van der Waals surface area (Å²) in [5.41, 5.74) is 11.0. The maximum absolute atomic E-state index is 3.23. The number of rotatable bonds is 0. The zero-order valence-corrected chi connectivity index (χ0v) is 5.78. The first-order valence-electron chi connectivity index (χ1n) is 3.89. The maximum atomic E-state index is 3.23. The molecule has 0 bridgehead atoms. The molecule has 3 aliphatic rings. The Kier molecular flexibility index (Phi) is 0.722. The van der Waals surface area contributed by atoms with E-state index in [1.54, 1.807) is 5.57 Å². The molecule has 0 radical (unpaired) electrons. The first kappa shape index (κ1) is 4.97. The van der Waals surface area contributed by atoms with Crippen LogP contribution >= 0.6 is 0 Å². The number of allylic oxidation sites excluding steroid dienone is 3. The van der Waals surface area contributed by atoms with E-state index in [-0.39, 0.29) is 0 Å². The van der Waals surface area contributed by atoms with Crippen molar-refractivity contribution in [3.05, 3.63) is 22.9 Å². The second-order valence-corrected chi connectivity index (χ2v) is 3.24. The molecule has 0 amide bonds. The molecule has 3 rings (SSSR count). The molecule has 0 aromatic heterocycles. The summed E-state index contributed by atoms with van der Waals surface area (Å²) in [5.74, 6) is 0.789. The molecule has 0 spiro atoms. The molecule has 2 heteroatoms. The normalized spacial score (nSPS) is 34.4. The number of hydrogen-bond donors (Lipinski definition) is 2. The third kappa shape index (κ3) is 0.480. The van der Waals surface area contributed by atoms with Crippen LogP contribution in [0.15, 0.2) is 22.9 Å². The zero-order valence-electron chi connectivity index (χ0n) is 5.78. The highest BCUT2D eigenvalue weighted by molar-refractivity contribution is 5.61. The van der Waals surface area contributed by atoms with Crippen molar-refractivity contribution < 1.29 is 0 Å². The molecule has 52 valence electrons. The molecule has 1 unspecified atom stereocenters. The standard InChI is InChI=1S/C8H10N2/c1-2-6-4-9-10-8(6)7-3-5(1)7/h3,6,9-10H,1-2,4H2. The summed E-state index contributed by atoms with van der Waals surface area (Å²) in [7, 11) is 0. The van der Waals surface area contributed by atoms with E-state index in [1.807, 2.05) is 0 Å². The first-order valence-corrected chi connectivity index (χ1v) is 3.89. The molecule has 2 N–H and O–H groups in total. The van der Waals surface area contributed by atoms with Gasteiger partial charge >= 0.3 is 0 Å². The fourth-order valence-corrected chi connectivity index (χ4v) is 1.93. The van der Waals surface area contributed by atoms with Gasteiger partial charge in [-0.1, -0.05) is 0 Å². The lowest BCUT2D eigenvalue weighted by atomic mass is 9.94. The van der Waals surface area contributed by atoms with Gasteiger partial charge in [0.15, 0.2) is 0 Å². The lowest BCUT2D eigenvalue weighted by Gasteiger charge is -2.13. The van der Waals surface area contributed by atoms with Crippen LogP contribution in [0.5, 0.6) is 0 Å². The van der Waals surface area contributed by atoms with Crippen LogP contribution in [0.3, 0.4) is 0 Å². The molecular formula is C8H10N2. The van der Waals surface area contributed by atoms with Gasteiger partial charge in [-0.3, -0.25) is 0 Å². The van der Waals surface area contributed by atoms with Gasteiger partial charge in [0, 0.05) is 18.2 Å². The van der Waals surface area contributed by atoms with Crippen LogP contribution < -0.4 is 10.9 Å². The summed E-state index contributed by atoms with van der Waals surface area (Å²) >= 11 is 0. The molecule has 1 atom stereocenters. The number of fused-ring (bicyclic) bond motifs is 2. The Morgan fingerprint density at radius 2 is 2.50 bits per heavy atom. The van der Waals surface area contributed by atoms with Crippen LogP contribution in [0.4, 0.5) is 0 Å². The summed E-state index contributed by atoms with van der Waals surface area (Å²) in [6.07, 6.45) is 4.95. The van der Waals surface area contributed by atoms with Gasteiger partial charge in [0.05, 0.1) is 0 Å². The van der Waals surface area contributed by atoms with Gasteiger partial charge in [-0.15, -0.1) is 0 Å². The zero-order chi connectivity index (χ0) is 6.55. The van der Waals surface area contributed by atoms with Gasteiger partial charge in [-0.05, 0) is 30.1 Å². The van der Waals surface area contributed by atoms with Gasteiger partial charge in [0.2, 0.25) is 0 Å². The largest absolute Gasteiger partial charge is 0.325 e. The van der Waals surface area contributed by atoms with Crippen LogP contribution in [0, 0.1) is 5.92 Å². The molecule has 0 aromatic rings. The van der Waals surface area contributed by atoms with Crippen molar-refractivity contribution in [2.24, 2.45) is 5.92 Å². The van der Waals surface area contributed by atoms with E-state index in [4.69, 9.17) is 0 Å². The van der Waals surface area contributed by atoms with Crippen LogP contribution in [-0.4, -0.2) is 6.54 Å². The lowest BCUT2D eigenvalue weighted by Crippen LogP contribution is -2.20. The average Bonchev–Trinajstić information content (AvgIpc) is 2.60. The highest BCUT2D eigenvalue weighted by Crippen LogP contribution is 2.43. The smallest absolute Gasteiger partial charge is 0.0381 e. The number of nitrogens with one attached hydrogen (secondary N) is 2. The Morgan fingerprint density at radius 3 is 3.50 bits per heavy atom. The maximum Gasteiger partial charge on any atom is 0.0381 e. The Morgan fingerprint density at radius 1 is 1.50 bits per heavy atom. The predicted molar refractivity (Wildman–Crippen MR) is 39.0 cm³/mol. The Bertz CT molecular complexity index is 250. The number of hydrazine groups is 1. The molecular weight excluding hydrogens is 124 g/mol. The monoisotopic (exact) mass is 134 g/mol. The lowest BCUT2D eigenvalue weighted by molar-refractivity contribution is 0.587. The fraction of sp³-hybridized carbons (Fsp3) is 0.500. The van der Waals surface area contributed by atoms with Crippen molar-refractivity contribution in [3.63, 3.8) is 0 Å². The SMILES string of the molecule is C1=C2CCC3CNNC3=C12. The van der Waals surface area contributed by atoms with Crippen molar-refractivity contribution >= 4 is 0 Å². The van der Waals surface area contributed by atoms with Crippen molar-refractivity contribution in [1.82, 2.24) is 10.9 Å². The summed E-state index contributed by atoms with van der Waals surface area (Å²) in [6, 6.07) is 0. The van der Waals surface area contributed by atoms with Gasteiger partial charge in [0.25, 0.3) is 0 Å². The third-order valence-corrected chi connectivity index (χ3v) is 2.61. The van der Waals surface area contributed by atoms with E-state index in [0.717, 1.165) is 12.5 Å². The van der Waals surface area contributed by atoms with E-state index in [0.29, 0.717) is 0 Å². The van der Waals surface area contributed by atoms with Gasteiger partial charge in [-0.25, -0.2) is 5.43 Å². The van der Waals surface area contributed by atoms with E-state index < -0.39 is 0 Å². The third-order valence-electron chi connectivity index (χ3n) is 2.61. The van der Waals surface area contributed by atoms with Crippen molar-refractivity contribution in [3.8, 4) is 0 Å². The van der Waals surface area contributed by atoms with Gasteiger partial charge in [0.1, 0.15) is 0 Å². The minimum absolute atomic E-state index is 0.789. The minimum Gasteiger partial charge on any atom is -0.325 e. The van der Waals surface area contributed by atoms with Crippen molar-refractivity contribution in [2.45, 2.75) is 12.8 Å². The molecule has 1 aliphatic heterocycles. The minimum atomic E-state index is 0.789. The molecule has 1 heterocycles. The van der Waals surface area contributed by atoms with Crippen LogP contribution in [-0.2, 0) is 0 Å². The predicted octanol–water partition coefficient (Wildman–Crippen LogP) is 0.698. The van der Waals surface area contributed by atoms with Crippen LogP contribution in [0.2, 0.25) is 0 Å². The fourth-order valence-electron chi connectivity index (χ4n) is 1.93. The number of hydrogen-bond acceptors (Lipinski definition) is 2. The summed E-state index contributed by atoms with van der Waals surface area (Å²) < 4.78 is 0. The summed E-state index contributed by atoms with van der Waals surface area (Å²) in [4.78, 5) is 0. The molecule has 0 saturated carbocycles.